The van der Waals surface area contributed by atoms with Crippen LogP contribution < -0.4 is 4.74 Å². The zero-order valence-electron chi connectivity index (χ0n) is 19.8. The van der Waals surface area contributed by atoms with E-state index in [0.717, 1.165) is 22.2 Å². The number of para-hydroxylation sites is 1. The third kappa shape index (κ3) is 7.07. The van der Waals surface area contributed by atoms with Gasteiger partial charge in [-0.25, -0.2) is 4.79 Å². The summed E-state index contributed by atoms with van der Waals surface area (Å²) in [5.41, 5.74) is 2.54. The van der Waals surface area contributed by atoms with Gasteiger partial charge in [0, 0.05) is 30.3 Å². The van der Waals surface area contributed by atoms with E-state index in [0.29, 0.717) is 51.5 Å². The van der Waals surface area contributed by atoms with Crippen LogP contribution in [0.4, 0.5) is 0 Å². The number of fused-ring (bicyclic) bond motifs is 1. The number of nitrogens with zero attached hydrogens (tertiary/aromatic N) is 1. The van der Waals surface area contributed by atoms with E-state index in [1.165, 1.54) is 0 Å². The molecule has 0 spiro atoms. The fourth-order valence-electron chi connectivity index (χ4n) is 3.69. The van der Waals surface area contributed by atoms with Crippen LogP contribution in [0.25, 0.3) is 10.9 Å². The van der Waals surface area contributed by atoms with Crippen molar-refractivity contribution in [2.75, 3.05) is 26.9 Å². The van der Waals surface area contributed by atoms with Gasteiger partial charge in [-0.3, -0.25) is 0 Å². The molecule has 0 amide bonds. The number of esters is 1. The molecule has 1 aromatic heterocycles. The first-order chi connectivity index (χ1) is 16.7. The highest BCUT2D eigenvalue weighted by atomic mass is 16.5. The highest BCUT2D eigenvalue weighted by Crippen LogP contribution is 2.22. The molecule has 0 unspecified atom stereocenters. The fourth-order valence-corrected chi connectivity index (χ4v) is 3.69. The minimum absolute atomic E-state index is 0.330. The Morgan fingerprint density at radius 2 is 1.74 bits per heavy atom. The smallest absolute Gasteiger partial charge is 0.355 e. The fraction of sp³-hybridized carbons (Fsp3) is 0.321. The summed E-state index contributed by atoms with van der Waals surface area (Å²) in [5, 5.41) is 0.991. The molecule has 180 valence electrons. The molecule has 34 heavy (non-hydrogen) atoms. The van der Waals surface area contributed by atoms with Gasteiger partial charge in [0.2, 0.25) is 0 Å². The van der Waals surface area contributed by atoms with E-state index in [2.05, 4.69) is 13.2 Å². The predicted molar refractivity (Wildman–Crippen MR) is 134 cm³/mol. The van der Waals surface area contributed by atoms with Crippen LogP contribution in [0.15, 0.2) is 79.9 Å². The zero-order valence-corrected chi connectivity index (χ0v) is 19.8. The largest absolute Gasteiger partial charge is 0.497 e. The SMILES string of the molecule is C=CCOCC[C@H](CCOCc1ccc(OC)cc1)OC(=O)c1cc2ccccc2n1CC=C. The Morgan fingerprint density at radius 3 is 2.44 bits per heavy atom. The van der Waals surface area contributed by atoms with E-state index in [-0.39, 0.29) is 12.1 Å². The number of allylic oxidation sites excluding steroid dienone is 1. The van der Waals surface area contributed by atoms with E-state index in [4.69, 9.17) is 18.9 Å². The van der Waals surface area contributed by atoms with Crippen molar-refractivity contribution in [1.29, 1.82) is 0 Å². The Hall–Kier alpha value is -3.35. The van der Waals surface area contributed by atoms with E-state index in [9.17, 15) is 4.79 Å². The van der Waals surface area contributed by atoms with Gasteiger partial charge in [-0.2, -0.15) is 0 Å². The molecule has 0 aliphatic heterocycles. The molecule has 0 radical (unpaired) electrons. The van der Waals surface area contributed by atoms with Gasteiger partial charge in [0.05, 0.1) is 33.5 Å². The summed E-state index contributed by atoms with van der Waals surface area (Å²) in [7, 11) is 1.64. The Balaban J connectivity index is 1.62. The van der Waals surface area contributed by atoms with E-state index < -0.39 is 0 Å². The van der Waals surface area contributed by atoms with E-state index >= 15 is 0 Å². The van der Waals surface area contributed by atoms with Gasteiger partial charge >= 0.3 is 5.97 Å². The molecular weight excluding hydrogens is 430 g/mol. The van der Waals surface area contributed by atoms with E-state index in [1.54, 1.807) is 19.3 Å². The van der Waals surface area contributed by atoms with Crippen LogP contribution in [0, 0.1) is 0 Å². The maximum atomic E-state index is 13.1. The monoisotopic (exact) mass is 463 g/mol. The molecule has 0 N–H and O–H groups in total. The van der Waals surface area contributed by atoms with Gasteiger partial charge in [0.15, 0.2) is 0 Å². The highest BCUT2D eigenvalue weighted by molar-refractivity contribution is 5.95. The number of carbonyl (C=O) groups is 1. The van der Waals surface area contributed by atoms with Crippen molar-refractivity contribution in [2.45, 2.75) is 32.1 Å². The normalized spacial score (nSPS) is 11.8. The molecule has 3 aromatic rings. The first-order valence-electron chi connectivity index (χ1n) is 11.5. The summed E-state index contributed by atoms with van der Waals surface area (Å²) < 4.78 is 24.4. The topological polar surface area (TPSA) is 58.9 Å². The van der Waals surface area contributed by atoms with Crippen molar-refractivity contribution in [3.8, 4) is 5.75 Å². The van der Waals surface area contributed by atoms with Crippen LogP contribution in [-0.2, 0) is 27.4 Å². The highest BCUT2D eigenvalue weighted by Gasteiger charge is 2.21. The van der Waals surface area contributed by atoms with Gasteiger partial charge < -0.3 is 23.5 Å². The molecular formula is C28H33NO5. The number of ether oxygens (including phenoxy) is 4. The van der Waals surface area contributed by atoms with E-state index in [1.807, 2.05) is 59.2 Å². The van der Waals surface area contributed by atoms with Gasteiger partial charge in [-0.1, -0.05) is 42.5 Å². The third-order valence-corrected chi connectivity index (χ3v) is 5.44. The Bertz CT molecular complexity index is 1070. The summed E-state index contributed by atoms with van der Waals surface area (Å²) in [6.07, 6.45) is 4.29. The summed E-state index contributed by atoms with van der Waals surface area (Å²) in [4.78, 5) is 13.1. The molecule has 1 heterocycles. The van der Waals surface area contributed by atoms with Crippen LogP contribution >= 0.6 is 0 Å². The maximum Gasteiger partial charge on any atom is 0.355 e. The van der Waals surface area contributed by atoms with Gasteiger partial charge in [-0.15, -0.1) is 13.2 Å². The second-order valence-corrected chi connectivity index (χ2v) is 7.86. The van der Waals surface area contributed by atoms with Crippen LogP contribution in [-0.4, -0.2) is 43.6 Å². The van der Waals surface area contributed by atoms with Gasteiger partial charge in [0.1, 0.15) is 17.5 Å². The minimum Gasteiger partial charge on any atom is -0.497 e. The Morgan fingerprint density at radius 1 is 1.00 bits per heavy atom. The van der Waals surface area contributed by atoms with Gasteiger partial charge in [0.25, 0.3) is 0 Å². The maximum absolute atomic E-state index is 13.1. The van der Waals surface area contributed by atoms with Crippen LogP contribution in [0.5, 0.6) is 5.75 Å². The summed E-state index contributed by atoms with van der Waals surface area (Å²) in [5.74, 6) is 0.450. The quantitative estimate of drug-likeness (QED) is 0.168. The molecule has 6 heteroatoms. The van der Waals surface area contributed by atoms with Crippen molar-refractivity contribution in [1.82, 2.24) is 4.57 Å². The van der Waals surface area contributed by atoms with Crippen LogP contribution in [0.2, 0.25) is 0 Å². The molecule has 6 nitrogen and oxygen atoms in total. The van der Waals surface area contributed by atoms with Crippen molar-refractivity contribution < 1.29 is 23.7 Å². The lowest BCUT2D eigenvalue weighted by atomic mass is 10.2. The first-order valence-corrected chi connectivity index (χ1v) is 11.5. The zero-order chi connectivity index (χ0) is 24.2. The van der Waals surface area contributed by atoms with Crippen molar-refractivity contribution >= 4 is 16.9 Å². The predicted octanol–water partition coefficient (Wildman–Crippen LogP) is 5.56. The molecule has 0 saturated heterocycles. The van der Waals surface area contributed by atoms with Crippen molar-refractivity contribution in [2.24, 2.45) is 0 Å². The van der Waals surface area contributed by atoms with Gasteiger partial charge in [-0.05, 0) is 29.8 Å². The molecule has 1 atom stereocenters. The molecule has 3 rings (SSSR count). The molecule has 0 aliphatic carbocycles. The molecule has 0 bridgehead atoms. The number of carbonyl (C=O) groups excluding carboxylic acids is 1. The number of hydrogen-bond donors (Lipinski definition) is 0. The van der Waals surface area contributed by atoms with Crippen molar-refractivity contribution in [3.63, 3.8) is 0 Å². The second kappa shape index (κ2) is 13.4. The second-order valence-electron chi connectivity index (χ2n) is 7.86. The average Bonchev–Trinajstić information content (AvgIpc) is 3.23. The van der Waals surface area contributed by atoms with Crippen molar-refractivity contribution in [3.05, 3.63) is 91.2 Å². The van der Waals surface area contributed by atoms with Crippen LogP contribution in [0.1, 0.15) is 28.9 Å². The average molecular weight is 464 g/mol. The standard InChI is InChI=1S/C28H33NO5/c1-4-16-29-26-9-7-6-8-23(26)20-27(29)28(30)34-25(14-18-32-17-5-2)15-19-33-21-22-10-12-24(31-3)13-11-22/h4-13,20,25H,1-2,14-19,21H2,3H3/t25-/m1/s1. The third-order valence-electron chi connectivity index (χ3n) is 5.44. The lowest BCUT2D eigenvalue weighted by molar-refractivity contribution is 0.00525. The summed E-state index contributed by atoms with van der Waals surface area (Å²) >= 11 is 0. The molecule has 2 aromatic carbocycles. The molecule has 0 saturated carbocycles. The minimum atomic E-state index is -0.359. The number of methoxy groups -OCH3 is 1. The summed E-state index contributed by atoms with van der Waals surface area (Å²) in [6, 6.07) is 17.5. The summed E-state index contributed by atoms with van der Waals surface area (Å²) in [6.45, 7) is 9.88. The number of aromatic nitrogens is 1. The Labute approximate surface area is 201 Å². The number of rotatable bonds is 15. The number of hydrogen-bond acceptors (Lipinski definition) is 5. The lowest BCUT2D eigenvalue weighted by Crippen LogP contribution is -2.23. The first kappa shape index (κ1) is 25.3. The molecule has 0 fully saturated rings. The number of benzene rings is 2. The van der Waals surface area contributed by atoms with Crippen LogP contribution in [0.3, 0.4) is 0 Å². The molecule has 0 aliphatic rings. The Kier molecular flexibility index (Phi) is 9.95. The lowest BCUT2D eigenvalue weighted by Gasteiger charge is -2.19.